The first-order chi connectivity index (χ1) is 10.3. The van der Waals surface area contributed by atoms with Crippen molar-refractivity contribution in [2.24, 2.45) is 0 Å². The van der Waals surface area contributed by atoms with Crippen LogP contribution in [0.25, 0.3) is 0 Å². The minimum atomic E-state index is -0.292. The van der Waals surface area contributed by atoms with Crippen molar-refractivity contribution in [2.75, 3.05) is 13.1 Å². The average Bonchev–Trinajstić information content (AvgIpc) is 2.45. The van der Waals surface area contributed by atoms with Crippen molar-refractivity contribution in [3.63, 3.8) is 0 Å². The maximum Gasteiger partial charge on any atom is 0.407 e. The van der Waals surface area contributed by atoms with Crippen LogP contribution in [0, 0.1) is 0 Å². The van der Waals surface area contributed by atoms with Crippen molar-refractivity contribution in [3.8, 4) is 0 Å². The first-order valence-electron chi connectivity index (χ1n) is 8.02. The molecule has 1 aromatic carbocycles. The van der Waals surface area contributed by atoms with Gasteiger partial charge in [-0.2, -0.15) is 0 Å². The fraction of sp³-hybridized carbons (Fsp3) is 0.588. The molecule has 4 heteroatoms. The Hall–Kier alpha value is -1.55. The molecule has 1 amide bonds. The van der Waals surface area contributed by atoms with E-state index in [0.717, 1.165) is 24.6 Å². The Labute approximate surface area is 126 Å². The smallest absolute Gasteiger partial charge is 0.407 e. The number of alkyl carbamates (subject to hydrolysis) is 1. The standard InChI is InChI=1S/C17H24N2O2/c20-17(21-13-14-6-2-1-3-7-14)18-15-8-5-11-19(12-15)16-9-4-10-16/h1-3,6-7,15-16H,4-5,8-13H2,(H,18,20). The second kappa shape index (κ2) is 6.94. The van der Waals surface area contributed by atoms with Gasteiger partial charge >= 0.3 is 6.09 Å². The summed E-state index contributed by atoms with van der Waals surface area (Å²) < 4.78 is 5.30. The molecule has 3 rings (SSSR count). The third-order valence-corrected chi connectivity index (χ3v) is 4.58. The first-order valence-corrected chi connectivity index (χ1v) is 8.02. The highest BCUT2D eigenvalue weighted by Crippen LogP contribution is 2.27. The largest absolute Gasteiger partial charge is 0.445 e. The number of likely N-dealkylation sites (tertiary alicyclic amines) is 1. The molecule has 4 nitrogen and oxygen atoms in total. The van der Waals surface area contributed by atoms with Gasteiger partial charge in [0.1, 0.15) is 6.61 Å². The second-order valence-electron chi connectivity index (χ2n) is 6.12. The molecule has 0 spiro atoms. The number of ether oxygens (including phenoxy) is 1. The van der Waals surface area contributed by atoms with E-state index in [9.17, 15) is 4.79 Å². The molecule has 1 aliphatic carbocycles. The normalized spacial score (nSPS) is 23.3. The minimum Gasteiger partial charge on any atom is -0.445 e. The Morgan fingerprint density at radius 1 is 1.19 bits per heavy atom. The lowest BCUT2D eigenvalue weighted by Gasteiger charge is -2.42. The van der Waals surface area contributed by atoms with Crippen LogP contribution in [0.1, 0.15) is 37.7 Å². The molecular formula is C17H24N2O2. The van der Waals surface area contributed by atoms with Gasteiger partial charge in [-0.25, -0.2) is 4.79 Å². The Bertz CT molecular complexity index is 459. The van der Waals surface area contributed by atoms with Crippen LogP contribution in [0.3, 0.4) is 0 Å². The summed E-state index contributed by atoms with van der Waals surface area (Å²) >= 11 is 0. The Morgan fingerprint density at radius 3 is 2.71 bits per heavy atom. The Kier molecular flexibility index (Phi) is 4.76. The molecule has 1 saturated heterocycles. The van der Waals surface area contributed by atoms with E-state index in [4.69, 9.17) is 4.74 Å². The molecule has 114 valence electrons. The number of amides is 1. The van der Waals surface area contributed by atoms with Gasteiger partial charge in [-0.1, -0.05) is 36.8 Å². The van der Waals surface area contributed by atoms with Crippen LogP contribution < -0.4 is 5.32 Å². The Balaban J connectivity index is 1.41. The van der Waals surface area contributed by atoms with Crippen LogP contribution in [0.4, 0.5) is 4.79 Å². The Morgan fingerprint density at radius 2 is 2.00 bits per heavy atom. The van der Waals surface area contributed by atoms with E-state index in [1.165, 1.54) is 32.2 Å². The van der Waals surface area contributed by atoms with Crippen molar-refractivity contribution in [3.05, 3.63) is 35.9 Å². The molecule has 2 aliphatic rings. The summed E-state index contributed by atoms with van der Waals surface area (Å²) in [4.78, 5) is 14.4. The van der Waals surface area contributed by atoms with E-state index in [-0.39, 0.29) is 12.1 Å². The fourth-order valence-electron chi connectivity index (χ4n) is 3.14. The molecule has 1 aromatic rings. The number of hydrogen-bond donors (Lipinski definition) is 1. The number of hydrogen-bond acceptors (Lipinski definition) is 3. The van der Waals surface area contributed by atoms with Crippen LogP contribution in [0.5, 0.6) is 0 Å². The summed E-state index contributed by atoms with van der Waals surface area (Å²) in [7, 11) is 0. The van der Waals surface area contributed by atoms with Crippen LogP contribution in [0.15, 0.2) is 30.3 Å². The van der Waals surface area contributed by atoms with Crippen molar-refractivity contribution in [1.29, 1.82) is 0 Å². The third kappa shape index (κ3) is 3.97. The van der Waals surface area contributed by atoms with E-state index < -0.39 is 0 Å². The van der Waals surface area contributed by atoms with Gasteiger partial charge in [0.15, 0.2) is 0 Å². The summed E-state index contributed by atoms with van der Waals surface area (Å²) in [5.74, 6) is 0. The molecule has 0 radical (unpaired) electrons. The number of piperidine rings is 1. The monoisotopic (exact) mass is 288 g/mol. The molecule has 1 saturated carbocycles. The molecule has 1 atom stereocenters. The summed E-state index contributed by atoms with van der Waals surface area (Å²) in [6.07, 6.45) is 5.94. The highest BCUT2D eigenvalue weighted by atomic mass is 16.5. The van der Waals surface area contributed by atoms with Crippen LogP contribution >= 0.6 is 0 Å². The summed E-state index contributed by atoms with van der Waals surface area (Å²) in [5, 5.41) is 3.02. The van der Waals surface area contributed by atoms with E-state index >= 15 is 0 Å². The number of rotatable bonds is 4. The van der Waals surface area contributed by atoms with Gasteiger partial charge in [-0.05, 0) is 37.8 Å². The molecule has 0 bridgehead atoms. The maximum absolute atomic E-state index is 11.9. The first kappa shape index (κ1) is 14.4. The average molecular weight is 288 g/mol. The highest BCUT2D eigenvalue weighted by Gasteiger charge is 2.30. The molecule has 1 unspecified atom stereocenters. The van der Waals surface area contributed by atoms with Crippen LogP contribution in [-0.2, 0) is 11.3 Å². The van der Waals surface area contributed by atoms with E-state index in [2.05, 4.69) is 10.2 Å². The SMILES string of the molecule is O=C(NC1CCCN(C2CCC2)C1)OCc1ccccc1. The zero-order valence-corrected chi connectivity index (χ0v) is 12.5. The molecule has 1 heterocycles. The van der Waals surface area contributed by atoms with E-state index in [1.54, 1.807) is 0 Å². The van der Waals surface area contributed by atoms with Crippen LogP contribution in [-0.4, -0.2) is 36.2 Å². The summed E-state index contributed by atoms with van der Waals surface area (Å²) in [6.45, 7) is 2.50. The second-order valence-corrected chi connectivity index (χ2v) is 6.12. The predicted octanol–water partition coefficient (Wildman–Crippen LogP) is 2.93. The summed E-state index contributed by atoms with van der Waals surface area (Å²) in [6, 6.07) is 10.8. The van der Waals surface area contributed by atoms with Crippen molar-refractivity contribution >= 4 is 6.09 Å². The van der Waals surface area contributed by atoms with Gasteiger partial charge in [0.05, 0.1) is 0 Å². The number of nitrogens with one attached hydrogen (secondary N) is 1. The number of carbonyl (C=O) groups is 1. The van der Waals surface area contributed by atoms with Gasteiger partial charge < -0.3 is 10.1 Å². The van der Waals surface area contributed by atoms with Crippen molar-refractivity contribution < 1.29 is 9.53 Å². The maximum atomic E-state index is 11.9. The van der Waals surface area contributed by atoms with Gasteiger partial charge in [0.25, 0.3) is 0 Å². The topological polar surface area (TPSA) is 41.6 Å². The minimum absolute atomic E-state index is 0.239. The van der Waals surface area contributed by atoms with Gasteiger partial charge in [0.2, 0.25) is 0 Å². The van der Waals surface area contributed by atoms with Gasteiger partial charge in [0, 0.05) is 18.6 Å². The molecule has 2 fully saturated rings. The predicted molar refractivity (Wildman–Crippen MR) is 82.0 cm³/mol. The third-order valence-electron chi connectivity index (χ3n) is 4.58. The lowest BCUT2D eigenvalue weighted by Crippen LogP contribution is -2.52. The molecule has 21 heavy (non-hydrogen) atoms. The van der Waals surface area contributed by atoms with Crippen LogP contribution in [0.2, 0.25) is 0 Å². The quantitative estimate of drug-likeness (QED) is 0.926. The number of benzene rings is 1. The number of nitrogens with zero attached hydrogens (tertiary/aromatic N) is 1. The molecule has 1 N–H and O–H groups in total. The lowest BCUT2D eigenvalue weighted by molar-refractivity contribution is 0.0808. The van der Waals surface area contributed by atoms with Gasteiger partial charge in [-0.3, -0.25) is 4.90 Å². The van der Waals surface area contributed by atoms with E-state index in [0.29, 0.717) is 6.61 Å². The fourth-order valence-corrected chi connectivity index (χ4v) is 3.14. The van der Waals surface area contributed by atoms with Crippen molar-refractivity contribution in [2.45, 2.75) is 50.8 Å². The van der Waals surface area contributed by atoms with Crippen molar-refractivity contribution in [1.82, 2.24) is 10.2 Å². The lowest BCUT2D eigenvalue weighted by atomic mass is 9.89. The zero-order valence-electron chi connectivity index (χ0n) is 12.5. The number of carbonyl (C=O) groups excluding carboxylic acids is 1. The molecular weight excluding hydrogens is 264 g/mol. The van der Waals surface area contributed by atoms with E-state index in [1.807, 2.05) is 30.3 Å². The zero-order chi connectivity index (χ0) is 14.5. The van der Waals surface area contributed by atoms with Gasteiger partial charge in [-0.15, -0.1) is 0 Å². The molecule has 1 aliphatic heterocycles. The summed E-state index contributed by atoms with van der Waals surface area (Å²) in [5.41, 5.74) is 1.02. The molecule has 0 aromatic heterocycles. The highest BCUT2D eigenvalue weighted by molar-refractivity contribution is 5.67.